The molecule has 0 fully saturated rings. The Bertz CT molecular complexity index is 464. The smallest absolute Gasteiger partial charge is 0.329 e. The molecule has 0 aliphatic carbocycles. The predicted octanol–water partition coefficient (Wildman–Crippen LogP) is 1.76. The van der Waals surface area contributed by atoms with Crippen LogP contribution in [0.4, 0.5) is 0 Å². The van der Waals surface area contributed by atoms with Crippen LogP contribution in [0, 0.1) is 0 Å². The second-order valence-corrected chi connectivity index (χ2v) is 4.18. The van der Waals surface area contributed by atoms with Crippen LogP contribution in [-0.2, 0) is 9.53 Å². The Hall–Kier alpha value is -1.78. The fourth-order valence-electron chi connectivity index (χ4n) is 1.50. The van der Waals surface area contributed by atoms with Gasteiger partial charge < -0.3 is 9.47 Å². The summed E-state index contributed by atoms with van der Waals surface area (Å²) in [5.41, 5.74) is -0.326. The van der Waals surface area contributed by atoms with E-state index in [1.807, 2.05) is 0 Å². The van der Waals surface area contributed by atoms with Crippen molar-refractivity contribution in [2.75, 3.05) is 6.61 Å². The quantitative estimate of drug-likeness (QED) is 0.750. The topological polar surface area (TPSA) is 57.5 Å². The molecule has 5 heteroatoms. The average Bonchev–Trinajstić information content (AvgIpc) is 2.30. The molecule has 1 aromatic heterocycles. The number of ether oxygens (including phenoxy) is 2. The van der Waals surface area contributed by atoms with Gasteiger partial charge in [-0.05, 0) is 39.8 Å². The lowest BCUT2D eigenvalue weighted by Crippen LogP contribution is -2.30. The Morgan fingerprint density at radius 1 is 1.39 bits per heavy atom. The van der Waals surface area contributed by atoms with Gasteiger partial charge in [-0.3, -0.25) is 9.36 Å². The third-order valence-corrected chi connectivity index (χ3v) is 2.35. The van der Waals surface area contributed by atoms with E-state index < -0.39 is 12.0 Å². The number of pyridine rings is 1. The maximum absolute atomic E-state index is 12.0. The van der Waals surface area contributed by atoms with Gasteiger partial charge in [-0.2, -0.15) is 0 Å². The molecule has 100 valence electrons. The summed E-state index contributed by atoms with van der Waals surface area (Å²) in [6, 6.07) is 2.59. The standard InChI is InChI=1S/C13H19NO4/c1-5-17-11-7-6-8-14(12(11)15)10(4)13(16)18-9(2)3/h6-10H,5H2,1-4H3. The van der Waals surface area contributed by atoms with E-state index in [0.29, 0.717) is 6.61 Å². The lowest BCUT2D eigenvalue weighted by Gasteiger charge is -2.16. The van der Waals surface area contributed by atoms with Crippen molar-refractivity contribution < 1.29 is 14.3 Å². The molecule has 0 N–H and O–H groups in total. The summed E-state index contributed by atoms with van der Waals surface area (Å²) in [4.78, 5) is 23.8. The summed E-state index contributed by atoms with van der Waals surface area (Å²) in [5, 5.41) is 0. The Kier molecular flexibility index (Phi) is 4.95. The maximum atomic E-state index is 12.0. The van der Waals surface area contributed by atoms with Crippen molar-refractivity contribution in [2.24, 2.45) is 0 Å². The summed E-state index contributed by atoms with van der Waals surface area (Å²) in [6.45, 7) is 7.37. The number of aromatic nitrogens is 1. The van der Waals surface area contributed by atoms with Crippen LogP contribution >= 0.6 is 0 Å². The fraction of sp³-hybridized carbons (Fsp3) is 0.538. The molecule has 0 saturated carbocycles. The number of hydrogen-bond acceptors (Lipinski definition) is 4. The average molecular weight is 253 g/mol. The zero-order chi connectivity index (χ0) is 13.7. The first-order valence-corrected chi connectivity index (χ1v) is 6.01. The second-order valence-electron chi connectivity index (χ2n) is 4.18. The molecule has 0 aliphatic rings. The van der Waals surface area contributed by atoms with Crippen molar-refractivity contribution in [3.05, 3.63) is 28.7 Å². The first-order chi connectivity index (χ1) is 8.47. The Balaban J connectivity index is 2.99. The molecule has 1 unspecified atom stereocenters. The fourth-order valence-corrected chi connectivity index (χ4v) is 1.50. The monoisotopic (exact) mass is 253 g/mol. The van der Waals surface area contributed by atoms with Gasteiger partial charge in [-0.25, -0.2) is 4.79 Å². The predicted molar refractivity (Wildman–Crippen MR) is 67.8 cm³/mol. The third kappa shape index (κ3) is 3.35. The van der Waals surface area contributed by atoms with Crippen LogP contribution in [0.15, 0.2) is 23.1 Å². The van der Waals surface area contributed by atoms with Crippen LogP contribution < -0.4 is 10.3 Å². The molecular formula is C13H19NO4. The highest BCUT2D eigenvalue weighted by Crippen LogP contribution is 2.10. The van der Waals surface area contributed by atoms with Crippen LogP contribution in [-0.4, -0.2) is 23.2 Å². The van der Waals surface area contributed by atoms with E-state index >= 15 is 0 Å². The largest absolute Gasteiger partial charge is 0.488 e. The highest BCUT2D eigenvalue weighted by molar-refractivity contribution is 5.73. The molecule has 0 aliphatic heterocycles. The van der Waals surface area contributed by atoms with E-state index in [4.69, 9.17) is 9.47 Å². The van der Waals surface area contributed by atoms with Crippen molar-refractivity contribution in [3.63, 3.8) is 0 Å². The molecule has 1 rings (SSSR count). The normalized spacial score (nSPS) is 12.3. The molecule has 0 amide bonds. The Morgan fingerprint density at radius 2 is 2.06 bits per heavy atom. The third-order valence-electron chi connectivity index (χ3n) is 2.35. The van der Waals surface area contributed by atoms with Gasteiger partial charge in [0.1, 0.15) is 6.04 Å². The molecule has 1 heterocycles. The molecule has 0 bridgehead atoms. The van der Waals surface area contributed by atoms with Gasteiger partial charge in [-0.15, -0.1) is 0 Å². The van der Waals surface area contributed by atoms with Crippen molar-refractivity contribution in [2.45, 2.75) is 39.8 Å². The summed E-state index contributed by atoms with van der Waals surface area (Å²) in [6.07, 6.45) is 1.35. The molecule has 5 nitrogen and oxygen atoms in total. The maximum Gasteiger partial charge on any atom is 0.329 e. The zero-order valence-corrected chi connectivity index (χ0v) is 11.2. The number of nitrogens with zero attached hydrogens (tertiary/aromatic N) is 1. The molecule has 1 aromatic rings. The molecule has 1 atom stereocenters. The Morgan fingerprint density at radius 3 is 2.61 bits per heavy atom. The summed E-state index contributed by atoms with van der Waals surface area (Å²) >= 11 is 0. The number of carbonyl (C=O) groups is 1. The molecule has 0 saturated heterocycles. The minimum Gasteiger partial charge on any atom is -0.488 e. The molecule has 18 heavy (non-hydrogen) atoms. The van der Waals surface area contributed by atoms with E-state index in [1.165, 1.54) is 4.57 Å². The van der Waals surface area contributed by atoms with Crippen molar-refractivity contribution >= 4 is 5.97 Å². The van der Waals surface area contributed by atoms with Gasteiger partial charge in [-0.1, -0.05) is 0 Å². The zero-order valence-electron chi connectivity index (χ0n) is 11.2. The lowest BCUT2D eigenvalue weighted by atomic mass is 10.3. The van der Waals surface area contributed by atoms with Crippen LogP contribution in [0.2, 0.25) is 0 Å². The van der Waals surface area contributed by atoms with Gasteiger partial charge in [0.2, 0.25) is 0 Å². The minimum atomic E-state index is -0.666. The van der Waals surface area contributed by atoms with Crippen molar-refractivity contribution in [1.29, 1.82) is 0 Å². The number of hydrogen-bond donors (Lipinski definition) is 0. The molecule has 0 radical (unpaired) electrons. The summed E-state index contributed by atoms with van der Waals surface area (Å²) in [7, 11) is 0. The number of esters is 1. The van der Waals surface area contributed by atoms with Crippen LogP contribution in [0.3, 0.4) is 0 Å². The number of carbonyl (C=O) groups excluding carboxylic acids is 1. The van der Waals surface area contributed by atoms with E-state index in [2.05, 4.69) is 0 Å². The van der Waals surface area contributed by atoms with Gasteiger partial charge in [0.05, 0.1) is 12.7 Å². The first-order valence-electron chi connectivity index (χ1n) is 6.01. The Labute approximate surface area is 106 Å². The van der Waals surface area contributed by atoms with E-state index in [-0.39, 0.29) is 17.4 Å². The molecular weight excluding hydrogens is 234 g/mol. The van der Waals surface area contributed by atoms with Crippen molar-refractivity contribution in [1.82, 2.24) is 4.57 Å². The SMILES string of the molecule is CCOc1cccn(C(C)C(=O)OC(C)C)c1=O. The molecule has 0 aromatic carbocycles. The summed E-state index contributed by atoms with van der Waals surface area (Å²) < 4.78 is 11.6. The van der Waals surface area contributed by atoms with Gasteiger partial charge in [0, 0.05) is 6.20 Å². The first kappa shape index (κ1) is 14.3. The van der Waals surface area contributed by atoms with E-state index in [1.54, 1.807) is 46.0 Å². The van der Waals surface area contributed by atoms with Crippen LogP contribution in [0.1, 0.15) is 33.7 Å². The van der Waals surface area contributed by atoms with Gasteiger partial charge in [0.15, 0.2) is 5.75 Å². The van der Waals surface area contributed by atoms with Gasteiger partial charge in [0.25, 0.3) is 5.56 Å². The van der Waals surface area contributed by atoms with Crippen LogP contribution in [0.25, 0.3) is 0 Å². The lowest BCUT2D eigenvalue weighted by molar-refractivity contribution is -0.151. The van der Waals surface area contributed by atoms with Crippen molar-refractivity contribution in [3.8, 4) is 5.75 Å². The summed E-state index contributed by atoms with van der Waals surface area (Å²) in [5.74, 6) is -0.190. The van der Waals surface area contributed by atoms with E-state index in [9.17, 15) is 9.59 Å². The van der Waals surface area contributed by atoms with Gasteiger partial charge >= 0.3 is 5.97 Å². The minimum absolute atomic E-state index is 0.203. The highest BCUT2D eigenvalue weighted by Gasteiger charge is 2.19. The second kappa shape index (κ2) is 6.23. The van der Waals surface area contributed by atoms with E-state index in [0.717, 1.165) is 0 Å². The van der Waals surface area contributed by atoms with Crippen LogP contribution in [0.5, 0.6) is 5.75 Å². The molecule has 0 spiro atoms. The highest BCUT2D eigenvalue weighted by atomic mass is 16.5. The number of rotatable bonds is 5.